The summed E-state index contributed by atoms with van der Waals surface area (Å²) >= 11 is 3.39. The van der Waals surface area contributed by atoms with Crippen LogP contribution in [0.2, 0.25) is 0 Å². The molecular formula is C20H21N3O2S2. The zero-order valence-corrected chi connectivity index (χ0v) is 16.9. The zero-order valence-electron chi connectivity index (χ0n) is 15.3. The Kier molecular flexibility index (Phi) is 5.24. The third-order valence-electron chi connectivity index (χ3n) is 4.63. The number of thiophene rings is 2. The Morgan fingerprint density at radius 2 is 2.19 bits per heavy atom. The highest BCUT2D eigenvalue weighted by molar-refractivity contribution is 7.10. The number of furan rings is 1. The summed E-state index contributed by atoms with van der Waals surface area (Å²) in [4.78, 5) is 17.5. The standard InChI is InChI=1S/C20H21N3O2S2/c1-14-7-10-27-19(14)12-22(2)13-20(24)23-16(18-6-4-9-26-18)11-15(21-23)17-5-3-8-25-17/h3-10,16H,11-13H2,1-2H3. The molecule has 7 heteroatoms. The summed E-state index contributed by atoms with van der Waals surface area (Å²) in [5, 5.41) is 10.4. The fourth-order valence-corrected chi connectivity index (χ4v) is 5.00. The summed E-state index contributed by atoms with van der Waals surface area (Å²) < 4.78 is 5.50. The van der Waals surface area contributed by atoms with Crippen LogP contribution in [0.5, 0.6) is 0 Å². The van der Waals surface area contributed by atoms with Gasteiger partial charge >= 0.3 is 0 Å². The summed E-state index contributed by atoms with van der Waals surface area (Å²) in [6, 6.07) is 9.87. The first-order valence-corrected chi connectivity index (χ1v) is 10.6. The molecule has 0 aromatic carbocycles. The number of amides is 1. The smallest absolute Gasteiger partial charge is 0.257 e. The highest BCUT2D eigenvalue weighted by Crippen LogP contribution is 2.35. The Morgan fingerprint density at radius 1 is 1.30 bits per heavy atom. The molecule has 1 amide bonds. The molecule has 4 rings (SSSR count). The van der Waals surface area contributed by atoms with Crippen molar-refractivity contribution in [3.8, 4) is 0 Å². The molecule has 5 nitrogen and oxygen atoms in total. The van der Waals surface area contributed by atoms with Crippen molar-refractivity contribution in [3.63, 3.8) is 0 Å². The van der Waals surface area contributed by atoms with Gasteiger partial charge in [0.15, 0.2) is 0 Å². The highest BCUT2D eigenvalue weighted by atomic mass is 32.1. The normalized spacial score (nSPS) is 16.9. The number of likely N-dealkylation sites (N-methyl/N-ethyl adjacent to an activating group) is 1. The molecule has 0 radical (unpaired) electrons. The molecule has 0 aliphatic carbocycles. The highest BCUT2D eigenvalue weighted by Gasteiger charge is 2.34. The molecule has 1 aliphatic heterocycles. The first-order chi connectivity index (χ1) is 13.1. The monoisotopic (exact) mass is 399 g/mol. The second-order valence-electron chi connectivity index (χ2n) is 6.70. The molecule has 4 heterocycles. The van der Waals surface area contributed by atoms with Gasteiger partial charge in [0.1, 0.15) is 11.5 Å². The molecular weight excluding hydrogens is 378 g/mol. The van der Waals surface area contributed by atoms with Crippen molar-refractivity contribution in [2.24, 2.45) is 5.10 Å². The summed E-state index contributed by atoms with van der Waals surface area (Å²) in [6.07, 6.45) is 2.31. The van der Waals surface area contributed by atoms with Gasteiger partial charge in [-0.3, -0.25) is 9.69 Å². The van der Waals surface area contributed by atoms with Crippen LogP contribution in [0, 0.1) is 6.92 Å². The van der Waals surface area contributed by atoms with Gasteiger partial charge in [-0.25, -0.2) is 5.01 Å². The maximum atomic E-state index is 13.0. The van der Waals surface area contributed by atoms with E-state index in [1.165, 1.54) is 10.4 Å². The number of hydrazone groups is 1. The van der Waals surface area contributed by atoms with Gasteiger partial charge in [0, 0.05) is 22.7 Å². The Balaban J connectivity index is 1.51. The van der Waals surface area contributed by atoms with Crippen molar-refractivity contribution >= 4 is 34.3 Å². The van der Waals surface area contributed by atoms with Crippen LogP contribution >= 0.6 is 22.7 Å². The minimum atomic E-state index is -0.0607. The number of hydrogen-bond donors (Lipinski definition) is 0. The number of nitrogens with zero attached hydrogens (tertiary/aromatic N) is 3. The molecule has 0 bridgehead atoms. The van der Waals surface area contributed by atoms with E-state index in [1.54, 1.807) is 33.9 Å². The van der Waals surface area contributed by atoms with Gasteiger partial charge in [-0.1, -0.05) is 6.07 Å². The van der Waals surface area contributed by atoms with Crippen LogP contribution in [0.1, 0.15) is 33.5 Å². The fraction of sp³-hybridized carbons (Fsp3) is 0.300. The van der Waals surface area contributed by atoms with E-state index >= 15 is 0 Å². The van der Waals surface area contributed by atoms with Crippen LogP contribution in [0.3, 0.4) is 0 Å². The quantitative estimate of drug-likeness (QED) is 0.612. The van der Waals surface area contributed by atoms with Crippen LogP contribution in [0.25, 0.3) is 0 Å². The average molecular weight is 400 g/mol. The van der Waals surface area contributed by atoms with Crippen LogP contribution in [0.15, 0.2) is 56.9 Å². The second-order valence-corrected chi connectivity index (χ2v) is 8.68. The third-order valence-corrected chi connectivity index (χ3v) is 6.61. The Labute approximate surface area is 166 Å². The lowest BCUT2D eigenvalue weighted by molar-refractivity contribution is -0.134. The van der Waals surface area contributed by atoms with Gasteiger partial charge in [0.2, 0.25) is 0 Å². The first kappa shape index (κ1) is 18.2. The molecule has 1 unspecified atom stereocenters. The van der Waals surface area contributed by atoms with E-state index in [0.29, 0.717) is 13.0 Å². The van der Waals surface area contributed by atoms with Gasteiger partial charge < -0.3 is 4.42 Å². The number of aryl methyl sites for hydroxylation is 1. The van der Waals surface area contributed by atoms with Crippen LogP contribution in [-0.2, 0) is 11.3 Å². The molecule has 1 aliphatic rings. The number of carbonyl (C=O) groups excluding carboxylic acids is 1. The number of hydrogen-bond acceptors (Lipinski definition) is 6. The summed E-state index contributed by atoms with van der Waals surface area (Å²) in [5.74, 6) is 0.737. The molecule has 3 aromatic heterocycles. The summed E-state index contributed by atoms with van der Waals surface area (Å²) in [5.41, 5.74) is 2.10. The molecule has 27 heavy (non-hydrogen) atoms. The molecule has 0 saturated carbocycles. The molecule has 0 N–H and O–H groups in total. The fourth-order valence-electron chi connectivity index (χ4n) is 3.20. The van der Waals surface area contributed by atoms with Crippen molar-refractivity contribution in [3.05, 3.63) is 68.4 Å². The number of carbonyl (C=O) groups is 1. The van der Waals surface area contributed by atoms with Crippen LogP contribution < -0.4 is 0 Å². The zero-order chi connectivity index (χ0) is 18.8. The van der Waals surface area contributed by atoms with E-state index < -0.39 is 0 Å². The predicted molar refractivity (Wildman–Crippen MR) is 109 cm³/mol. The Hall–Kier alpha value is -2.22. The van der Waals surface area contributed by atoms with Gasteiger partial charge in [0.25, 0.3) is 5.91 Å². The van der Waals surface area contributed by atoms with Gasteiger partial charge in [-0.05, 0) is 54.6 Å². The minimum absolute atomic E-state index is 0.00617. The lowest BCUT2D eigenvalue weighted by atomic mass is 10.1. The maximum absolute atomic E-state index is 13.0. The number of rotatable bonds is 6. The van der Waals surface area contributed by atoms with Gasteiger partial charge in [-0.2, -0.15) is 5.10 Å². The van der Waals surface area contributed by atoms with Gasteiger partial charge in [0.05, 0.1) is 18.8 Å². The molecule has 140 valence electrons. The summed E-state index contributed by atoms with van der Waals surface area (Å²) in [7, 11) is 1.98. The van der Waals surface area contributed by atoms with E-state index in [1.807, 2.05) is 35.5 Å². The topological polar surface area (TPSA) is 49.1 Å². The first-order valence-electron chi connectivity index (χ1n) is 8.80. The molecule has 0 fully saturated rings. The minimum Gasteiger partial charge on any atom is -0.463 e. The molecule has 0 saturated heterocycles. The van der Waals surface area contributed by atoms with Crippen molar-refractivity contribution in [1.82, 2.24) is 9.91 Å². The maximum Gasteiger partial charge on any atom is 0.257 e. The van der Waals surface area contributed by atoms with E-state index in [4.69, 9.17) is 4.42 Å². The van der Waals surface area contributed by atoms with Crippen LogP contribution in [0.4, 0.5) is 0 Å². The largest absolute Gasteiger partial charge is 0.463 e. The van der Waals surface area contributed by atoms with Crippen molar-refractivity contribution in [2.75, 3.05) is 13.6 Å². The molecule has 3 aromatic rings. The van der Waals surface area contributed by atoms with E-state index in [9.17, 15) is 4.79 Å². The van der Waals surface area contributed by atoms with Crippen molar-refractivity contribution in [1.29, 1.82) is 0 Å². The predicted octanol–water partition coefficient (Wildman–Crippen LogP) is 4.52. The van der Waals surface area contributed by atoms with Crippen molar-refractivity contribution in [2.45, 2.75) is 25.9 Å². The van der Waals surface area contributed by atoms with Crippen molar-refractivity contribution < 1.29 is 9.21 Å². The van der Waals surface area contributed by atoms with Crippen LogP contribution in [-0.4, -0.2) is 35.1 Å². The van der Waals surface area contributed by atoms with E-state index in [0.717, 1.165) is 22.9 Å². The SMILES string of the molecule is Cc1ccsc1CN(C)CC(=O)N1N=C(c2ccco2)CC1c1cccs1. The molecule has 1 atom stereocenters. The Bertz CT molecular complexity index is 929. The van der Waals surface area contributed by atoms with E-state index in [-0.39, 0.29) is 11.9 Å². The van der Waals surface area contributed by atoms with E-state index in [2.05, 4.69) is 29.5 Å². The second kappa shape index (κ2) is 7.80. The molecule has 0 spiro atoms. The lowest BCUT2D eigenvalue weighted by Gasteiger charge is -2.23. The average Bonchev–Trinajstić information content (AvgIpc) is 3.43. The lowest BCUT2D eigenvalue weighted by Crippen LogP contribution is -2.36. The Morgan fingerprint density at radius 3 is 2.85 bits per heavy atom. The summed E-state index contributed by atoms with van der Waals surface area (Å²) in [6.45, 7) is 3.20. The third kappa shape index (κ3) is 3.90. The van der Waals surface area contributed by atoms with Gasteiger partial charge in [-0.15, -0.1) is 22.7 Å².